The zero-order chi connectivity index (χ0) is 37.9. The Morgan fingerprint density at radius 2 is 1.09 bits per heavy atom. The number of hydrogen-bond acceptors (Lipinski definition) is 6. The lowest BCUT2D eigenvalue weighted by Crippen LogP contribution is -2.65. The molecule has 0 aromatic heterocycles. The normalized spacial score (nSPS) is 20.9. The van der Waals surface area contributed by atoms with E-state index >= 15 is 0 Å². The first-order valence-corrected chi connectivity index (χ1v) is 19.3. The van der Waals surface area contributed by atoms with Crippen molar-refractivity contribution in [1.82, 2.24) is 0 Å². The molecular weight excluding hydrogens is 708 g/mol. The molecule has 0 bridgehead atoms. The molecule has 1 saturated heterocycles. The third-order valence-electron chi connectivity index (χ3n) is 9.92. The van der Waals surface area contributed by atoms with Gasteiger partial charge in [-0.15, -0.1) is 0 Å². The fourth-order valence-corrected chi connectivity index (χ4v) is 7.30. The quantitative estimate of drug-likeness (QED) is 0.106. The van der Waals surface area contributed by atoms with Crippen molar-refractivity contribution in [3.05, 3.63) is 208 Å². The van der Waals surface area contributed by atoms with Gasteiger partial charge in [0.25, 0.3) is 0 Å². The van der Waals surface area contributed by atoms with Gasteiger partial charge in [-0.2, -0.15) is 0 Å². The SMILES string of the molecule is CCOc1ccc(Cc2cc(C3(O)O[C@H](Cc4ccccc4)[C@@H](OCc4ccccc4)[C@H](OCc4ccccc4)[C@H]3OCc3ccccc3)ccc2Cl)cc1. The van der Waals surface area contributed by atoms with Gasteiger partial charge in [-0.05, 0) is 71.0 Å². The minimum absolute atomic E-state index is 0.212. The molecule has 0 aliphatic carbocycles. The number of aliphatic hydroxyl groups is 1. The average Bonchev–Trinajstić information content (AvgIpc) is 3.22. The van der Waals surface area contributed by atoms with Crippen LogP contribution in [0.4, 0.5) is 0 Å². The van der Waals surface area contributed by atoms with E-state index in [0.717, 1.165) is 39.1 Å². The number of rotatable bonds is 16. The fraction of sp³-hybridized carbons (Fsp3) is 0.250. The zero-order valence-electron chi connectivity index (χ0n) is 31.0. The highest BCUT2D eigenvalue weighted by Gasteiger charge is 2.57. The summed E-state index contributed by atoms with van der Waals surface area (Å²) < 4.78 is 33.2. The second-order valence-electron chi connectivity index (χ2n) is 13.8. The zero-order valence-corrected chi connectivity index (χ0v) is 31.8. The second-order valence-corrected chi connectivity index (χ2v) is 14.2. The molecule has 0 saturated carbocycles. The van der Waals surface area contributed by atoms with Crippen molar-refractivity contribution in [3.63, 3.8) is 0 Å². The maximum Gasteiger partial charge on any atom is 0.222 e. The third kappa shape index (κ3) is 9.91. The first-order valence-electron chi connectivity index (χ1n) is 18.9. The van der Waals surface area contributed by atoms with E-state index in [0.29, 0.717) is 36.6 Å². The smallest absolute Gasteiger partial charge is 0.222 e. The lowest BCUT2D eigenvalue weighted by atomic mass is 9.84. The molecule has 0 spiro atoms. The van der Waals surface area contributed by atoms with Crippen LogP contribution in [0, 0.1) is 0 Å². The largest absolute Gasteiger partial charge is 0.494 e. The summed E-state index contributed by atoms with van der Waals surface area (Å²) in [6.07, 6.45) is -2.02. The average molecular weight is 755 g/mol. The molecule has 5 atom stereocenters. The molecule has 1 N–H and O–H groups in total. The first kappa shape index (κ1) is 38.5. The van der Waals surface area contributed by atoms with Crippen LogP contribution in [-0.4, -0.2) is 36.1 Å². The molecule has 1 fully saturated rings. The second kappa shape index (κ2) is 18.7. The van der Waals surface area contributed by atoms with Crippen LogP contribution in [0.3, 0.4) is 0 Å². The Morgan fingerprint density at radius 3 is 1.64 bits per heavy atom. The maximum atomic E-state index is 13.2. The lowest BCUT2D eigenvalue weighted by molar-refractivity contribution is -0.374. The van der Waals surface area contributed by atoms with Gasteiger partial charge in [-0.3, -0.25) is 0 Å². The summed E-state index contributed by atoms with van der Waals surface area (Å²) in [6.45, 7) is 3.37. The van der Waals surface area contributed by atoms with Crippen LogP contribution in [0.5, 0.6) is 5.75 Å². The van der Waals surface area contributed by atoms with Crippen molar-refractivity contribution in [1.29, 1.82) is 0 Å². The molecule has 1 aliphatic rings. The predicted molar refractivity (Wildman–Crippen MR) is 216 cm³/mol. The van der Waals surface area contributed by atoms with Gasteiger partial charge >= 0.3 is 0 Å². The van der Waals surface area contributed by atoms with E-state index in [4.69, 9.17) is 35.3 Å². The highest BCUT2D eigenvalue weighted by atomic mass is 35.5. The Hall–Kier alpha value is -4.79. The molecule has 1 heterocycles. The summed E-state index contributed by atoms with van der Waals surface area (Å²) in [7, 11) is 0. The summed E-state index contributed by atoms with van der Waals surface area (Å²) in [6, 6.07) is 53.7. The van der Waals surface area contributed by atoms with Crippen molar-refractivity contribution in [3.8, 4) is 5.75 Å². The van der Waals surface area contributed by atoms with Gasteiger partial charge in [0.15, 0.2) is 0 Å². The minimum atomic E-state index is -1.96. The Kier molecular flexibility index (Phi) is 13.1. The van der Waals surface area contributed by atoms with Crippen LogP contribution in [0.15, 0.2) is 164 Å². The van der Waals surface area contributed by atoms with E-state index in [-0.39, 0.29) is 13.2 Å². The molecule has 6 nitrogen and oxygen atoms in total. The Balaban J connectivity index is 1.31. The first-order chi connectivity index (χ1) is 27.0. The van der Waals surface area contributed by atoms with Gasteiger partial charge in [0.2, 0.25) is 5.79 Å². The predicted octanol–water partition coefficient (Wildman–Crippen LogP) is 9.87. The Morgan fingerprint density at radius 1 is 0.582 bits per heavy atom. The highest BCUT2D eigenvalue weighted by Crippen LogP contribution is 2.43. The van der Waals surface area contributed by atoms with Crippen LogP contribution >= 0.6 is 11.6 Å². The molecule has 0 radical (unpaired) electrons. The van der Waals surface area contributed by atoms with Crippen molar-refractivity contribution in [2.45, 2.75) is 69.8 Å². The standard InChI is InChI=1S/C48H47ClO6/c1-2-51-42-26-23-36(24-27-42)29-40-31-41(25-28-43(40)49)48(50)47(54-34-39-21-13-6-14-22-39)46(53-33-38-19-11-5-12-20-38)45(52-32-37-17-9-4-10-18-37)44(55-48)30-35-15-7-3-8-16-35/h3-28,31,44-47,50H,2,29-30,32-34H2,1H3/t44-,45-,46+,47-,48?/m1/s1. The number of hydrogen-bond donors (Lipinski definition) is 1. The number of halogens is 1. The maximum absolute atomic E-state index is 13.2. The molecule has 7 heteroatoms. The van der Waals surface area contributed by atoms with E-state index in [1.54, 1.807) is 0 Å². The van der Waals surface area contributed by atoms with Crippen molar-refractivity contribution in [2.75, 3.05) is 6.61 Å². The van der Waals surface area contributed by atoms with Crippen LogP contribution in [0.25, 0.3) is 0 Å². The van der Waals surface area contributed by atoms with Gasteiger partial charge in [-0.1, -0.05) is 151 Å². The van der Waals surface area contributed by atoms with Crippen LogP contribution in [0.1, 0.15) is 45.9 Å². The van der Waals surface area contributed by atoms with Crippen molar-refractivity contribution >= 4 is 11.6 Å². The monoisotopic (exact) mass is 754 g/mol. The molecule has 1 aliphatic heterocycles. The summed E-state index contributed by atoms with van der Waals surface area (Å²) in [4.78, 5) is 0. The van der Waals surface area contributed by atoms with E-state index < -0.39 is 30.2 Å². The molecular formula is C48H47ClO6. The fourth-order valence-electron chi connectivity index (χ4n) is 7.12. The molecule has 55 heavy (non-hydrogen) atoms. The molecule has 6 aromatic rings. The summed E-state index contributed by atoms with van der Waals surface area (Å²) in [5.41, 5.74) is 6.41. The molecule has 6 aromatic carbocycles. The summed E-state index contributed by atoms with van der Waals surface area (Å²) >= 11 is 6.87. The third-order valence-corrected chi connectivity index (χ3v) is 10.3. The Bertz CT molecular complexity index is 2050. The van der Waals surface area contributed by atoms with E-state index in [9.17, 15) is 5.11 Å². The summed E-state index contributed by atoms with van der Waals surface area (Å²) in [5.74, 6) is -1.15. The van der Waals surface area contributed by atoms with Gasteiger partial charge < -0.3 is 28.8 Å². The topological polar surface area (TPSA) is 66.4 Å². The van der Waals surface area contributed by atoms with Crippen LogP contribution in [-0.2, 0) is 57.4 Å². The lowest BCUT2D eigenvalue weighted by Gasteiger charge is -2.50. The van der Waals surface area contributed by atoms with E-state index in [1.165, 1.54) is 0 Å². The minimum Gasteiger partial charge on any atom is -0.494 e. The van der Waals surface area contributed by atoms with E-state index in [2.05, 4.69) is 12.1 Å². The van der Waals surface area contributed by atoms with Crippen molar-refractivity contribution in [2.24, 2.45) is 0 Å². The van der Waals surface area contributed by atoms with Gasteiger partial charge in [0.05, 0.1) is 32.5 Å². The molecule has 7 rings (SSSR count). The highest BCUT2D eigenvalue weighted by molar-refractivity contribution is 6.31. The Labute approximate surface area is 329 Å². The van der Waals surface area contributed by atoms with Gasteiger partial charge in [0, 0.05) is 17.0 Å². The van der Waals surface area contributed by atoms with Crippen LogP contribution in [0.2, 0.25) is 5.02 Å². The molecule has 1 unspecified atom stereocenters. The molecule has 0 amide bonds. The van der Waals surface area contributed by atoms with Crippen LogP contribution < -0.4 is 4.74 Å². The van der Waals surface area contributed by atoms with Gasteiger partial charge in [-0.25, -0.2) is 0 Å². The van der Waals surface area contributed by atoms with E-state index in [1.807, 2.05) is 159 Å². The number of benzene rings is 6. The van der Waals surface area contributed by atoms with Gasteiger partial charge in [0.1, 0.15) is 24.1 Å². The van der Waals surface area contributed by atoms with Crippen molar-refractivity contribution < 1.29 is 28.8 Å². The number of ether oxygens (including phenoxy) is 5. The molecule has 282 valence electrons. The summed E-state index contributed by atoms with van der Waals surface area (Å²) in [5, 5.41) is 13.8.